The molecule has 0 saturated carbocycles. The van der Waals surface area contributed by atoms with Gasteiger partial charge in [-0.1, -0.05) is 12.8 Å². The summed E-state index contributed by atoms with van der Waals surface area (Å²) in [5, 5.41) is 12.1. The molecule has 1 aromatic rings. The number of carboxylic acids is 1. The summed E-state index contributed by atoms with van der Waals surface area (Å²) >= 11 is 5.05. The molecule has 2 heterocycles. The van der Waals surface area contributed by atoms with Crippen LogP contribution in [0.1, 0.15) is 30.6 Å². The SMILES string of the molecule is O=C(O)C1CCCCCN1C(=O)NCCc1ccc(Br)s1. The van der Waals surface area contributed by atoms with E-state index in [1.807, 2.05) is 12.1 Å². The number of aliphatic carboxylic acids is 1. The molecule has 5 nitrogen and oxygen atoms in total. The summed E-state index contributed by atoms with van der Waals surface area (Å²) in [6.07, 6.45) is 4.02. The highest BCUT2D eigenvalue weighted by molar-refractivity contribution is 9.11. The minimum Gasteiger partial charge on any atom is -0.480 e. The Bertz CT molecular complexity index is 506. The van der Waals surface area contributed by atoms with Crippen LogP contribution in [0, 0.1) is 0 Å². The monoisotopic (exact) mass is 374 g/mol. The van der Waals surface area contributed by atoms with E-state index in [2.05, 4.69) is 21.2 Å². The Balaban J connectivity index is 1.86. The summed E-state index contributed by atoms with van der Waals surface area (Å²) < 4.78 is 1.07. The molecule has 2 rings (SSSR count). The molecule has 0 aliphatic carbocycles. The predicted octanol–water partition coefficient (Wildman–Crippen LogP) is 3.09. The van der Waals surface area contributed by atoms with Gasteiger partial charge in [0.25, 0.3) is 0 Å². The van der Waals surface area contributed by atoms with Crippen molar-refractivity contribution in [1.29, 1.82) is 0 Å². The van der Waals surface area contributed by atoms with E-state index < -0.39 is 12.0 Å². The van der Waals surface area contributed by atoms with Crippen LogP contribution in [0.3, 0.4) is 0 Å². The third-order valence-electron chi connectivity index (χ3n) is 3.58. The first-order valence-electron chi connectivity index (χ1n) is 7.09. The standard InChI is InChI=1S/C14H19BrN2O3S/c15-12-6-5-10(21-12)7-8-16-14(20)17-9-3-1-2-4-11(17)13(18)19/h5-6,11H,1-4,7-9H2,(H,16,20)(H,18,19). The van der Waals surface area contributed by atoms with E-state index in [0.29, 0.717) is 19.5 Å². The summed E-state index contributed by atoms with van der Waals surface area (Å²) in [6.45, 7) is 1.04. The lowest BCUT2D eigenvalue weighted by Gasteiger charge is -2.27. The van der Waals surface area contributed by atoms with Crippen molar-refractivity contribution in [2.24, 2.45) is 0 Å². The lowest BCUT2D eigenvalue weighted by molar-refractivity contribution is -0.142. The molecule has 2 N–H and O–H groups in total. The van der Waals surface area contributed by atoms with Gasteiger partial charge in [-0.05, 0) is 47.3 Å². The van der Waals surface area contributed by atoms with Crippen LogP contribution in [0.2, 0.25) is 0 Å². The Kier molecular flexibility index (Phi) is 6.05. The zero-order valence-corrected chi connectivity index (χ0v) is 14.1. The van der Waals surface area contributed by atoms with Crippen LogP contribution in [-0.4, -0.2) is 41.1 Å². The number of thiophene rings is 1. The van der Waals surface area contributed by atoms with Crippen LogP contribution in [-0.2, 0) is 11.2 Å². The van der Waals surface area contributed by atoms with E-state index >= 15 is 0 Å². The smallest absolute Gasteiger partial charge is 0.326 e. The highest BCUT2D eigenvalue weighted by Crippen LogP contribution is 2.22. The van der Waals surface area contributed by atoms with Crippen LogP contribution in [0.4, 0.5) is 4.79 Å². The Morgan fingerprint density at radius 1 is 1.38 bits per heavy atom. The van der Waals surface area contributed by atoms with Crippen molar-refractivity contribution < 1.29 is 14.7 Å². The minimum atomic E-state index is -0.908. The zero-order valence-electron chi connectivity index (χ0n) is 11.7. The van der Waals surface area contributed by atoms with Gasteiger partial charge < -0.3 is 15.3 Å². The van der Waals surface area contributed by atoms with Crippen LogP contribution >= 0.6 is 27.3 Å². The van der Waals surface area contributed by atoms with E-state index in [0.717, 1.165) is 29.5 Å². The molecule has 0 radical (unpaired) electrons. The maximum atomic E-state index is 12.2. The normalized spacial score (nSPS) is 19.1. The Labute approximate surface area is 136 Å². The first-order chi connectivity index (χ1) is 10.1. The van der Waals surface area contributed by atoms with Gasteiger partial charge in [0.1, 0.15) is 6.04 Å². The quantitative estimate of drug-likeness (QED) is 0.850. The van der Waals surface area contributed by atoms with Crippen molar-refractivity contribution in [3.05, 3.63) is 20.8 Å². The van der Waals surface area contributed by atoms with Crippen molar-refractivity contribution in [2.45, 2.75) is 38.1 Å². The number of likely N-dealkylation sites (tertiary alicyclic amines) is 1. The largest absolute Gasteiger partial charge is 0.480 e. The topological polar surface area (TPSA) is 69.6 Å². The number of amides is 2. The maximum Gasteiger partial charge on any atom is 0.326 e. The number of carboxylic acid groups (broad SMARTS) is 1. The van der Waals surface area contributed by atoms with Crippen LogP contribution < -0.4 is 5.32 Å². The van der Waals surface area contributed by atoms with Crippen LogP contribution in [0.15, 0.2) is 15.9 Å². The van der Waals surface area contributed by atoms with Gasteiger partial charge in [-0.25, -0.2) is 9.59 Å². The molecule has 1 saturated heterocycles. The average Bonchev–Trinajstić information content (AvgIpc) is 2.72. The second-order valence-corrected chi connectivity index (χ2v) is 7.63. The number of urea groups is 1. The summed E-state index contributed by atoms with van der Waals surface area (Å²) in [7, 11) is 0. The number of nitrogens with one attached hydrogen (secondary N) is 1. The van der Waals surface area contributed by atoms with Gasteiger partial charge in [0, 0.05) is 18.0 Å². The molecule has 0 aromatic carbocycles. The molecule has 1 atom stereocenters. The maximum absolute atomic E-state index is 12.2. The summed E-state index contributed by atoms with van der Waals surface area (Å²) in [6, 6.07) is 3.05. The molecule has 0 bridgehead atoms. The summed E-state index contributed by atoms with van der Waals surface area (Å²) in [5.74, 6) is -0.908. The van der Waals surface area contributed by atoms with E-state index in [9.17, 15) is 14.7 Å². The Morgan fingerprint density at radius 3 is 2.86 bits per heavy atom. The second-order valence-electron chi connectivity index (χ2n) is 5.08. The molecular formula is C14H19BrN2O3S. The molecular weight excluding hydrogens is 356 g/mol. The number of hydrogen-bond donors (Lipinski definition) is 2. The van der Waals surface area contributed by atoms with Gasteiger partial charge in [0.15, 0.2) is 0 Å². The van der Waals surface area contributed by atoms with Gasteiger partial charge in [-0.15, -0.1) is 11.3 Å². The molecule has 1 aliphatic rings. The fourth-order valence-electron chi connectivity index (χ4n) is 2.49. The number of halogens is 1. The van der Waals surface area contributed by atoms with Crippen molar-refractivity contribution in [1.82, 2.24) is 10.2 Å². The zero-order chi connectivity index (χ0) is 15.2. The molecule has 21 heavy (non-hydrogen) atoms. The highest BCUT2D eigenvalue weighted by Gasteiger charge is 2.30. The summed E-state index contributed by atoms with van der Waals surface area (Å²) in [5.41, 5.74) is 0. The number of nitrogens with zero attached hydrogens (tertiary/aromatic N) is 1. The van der Waals surface area contributed by atoms with E-state index in [1.165, 1.54) is 9.78 Å². The first-order valence-corrected chi connectivity index (χ1v) is 8.70. The van der Waals surface area contributed by atoms with Gasteiger partial charge in [-0.2, -0.15) is 0 Å². The molecule has 1 aromatic heterocycles. The predicted molar refractivity (Wildman–Crippen MR) is 85.7 cm³/mol. The van der Waals surface area contributed by atoms with Crippen molar-refractivity contribution in [3.8, 4) is 0 Å². The van der Waals surface area contributed by atoms with E-state index in [1.54, 1.807) is 11.3 Å². The molecule has 2 amide bonds. The Morgan fingerprint density at radius 2 is 2.19 bits per heavy atom. The third kappa shape index (κ3) is 4.71. The number of rotatable bonds is 4. The fraction of sp³-hybridized carbons (Fsp3) is 0.571. The third-order valence-corrected chi connectivity index (χ3v) is 5.26. The molecule has 7 heteroatoms. The molecule has 1 fully saturated rings. The average molecular weight is 375 g/mol. The number of carbonyl (C=O) groups excluding carboxylic acids is 1. The van der Waals surface area contributed by atoms with Crippen molar-refractivity contribution in [3.63, 3.8) is 0 Å². The molecule has 116 valence electrons. The number of hydrogen-bond acceptors (Lipinski definition) is 3. The number of carbonyl (C=O) groups is 2. The fourth-order valence-corrected chi connectivity index (χ4v) is 3.97. The molecule has 0 spiro atoms. The second kappa shape index (κ2) is 7.79. The van der Waals surface area contributed by atoms with Gasteiger partial charge in [-0.3, -0.25) is 0 Å². The molecule has 1 aliphatic heterocycles. The van der Waals surface area contributed by atoms with E-state index in [4.69, 9.17) is 0 Å². The van der Waals surface area contributed by atoms with E-state index in [-0.39, 0.29) is 6.03 Å². The first kappa shape index (κ1) is 16.3. The van der Waals surface area contributed by atoms with Crippen molar-refractivity contribution >= 4 is 39.3 Å². The van der Waals surface area contributed by atoms with Gasteiger partial charge in [0.05, 0.1) is 3.79 Å². The van der Waals surface area contributed by atoms with Gasteiger partial charge >= 0.3 is 12.0 Å². The minimum absolute atomic E-state index is 0.264. The Hall–Kier alpha value is -1.08. The highest BCUT2D eigenvalue weighted by atomic mass is 79.9. The lowest BCUT2D eigenvalue weighted by Crippen LogP contribution is -2.49. The lowest BCUT2D eigenvalue weighted by atomic mass is 10.1. The van der Waals surface area contributed by atoms with Crippen LogP contribution in [0.5, 0.6) is 0 Å². The summed E-state index contributed by atoms with van der Waals surface area (Å²) in [4.78, 5) is 26.2. The molecule has 1 unspecified atom stereocenters. The van der Waals surface area contributed by atoms with Crippen molar-refractivity contribution in [2.75, 3.05) is 13.1 Å². The van der Waals surface area contributed by atoms with Crippen LogP contribution in [0.25, 0.3) is 0 Å². The van der Waals surface area contributed by atoms with Gasteiger partial charge in [0.2, 0.25) is 0 Å².